The SMILES string of the molecule is O=C(c1cn[nH]c1)N1CCCCC1CBr. The van der Waals surface area contributed by atoms with E-state index in [1.165, 1.54) is 6.42 Å². The number of hydrogen-bond acceptors (Lipinski definition) is 2. The monoisotopic (exact) mass is 271 g/mol. The highest BCUT2D eigenvalue weighted by Crippen LogP contribution is 2.20. The Morgan fingerprint density at radius 2 is 2.53 bits per heavy atom. The van der Waals surface area contributed by atoms with Gasteiger partial charge in [0.05, 0.1) is 11.8 Å². The van der Waals surface area contributed by atoms with Gasteiger partial charge >= 0.3 is 0 Å². The Balaban J connectivity index is 2.11. The molecule has 82 valence electrons. The van der Waals surface area contributed by atoms with Gasteiger partial charge in [0, 0.05) is 24.1 Å². The van der Waals surface area contributed by atoms with E-state index in [2.05, 4.69) is 26.1 Å². The summed E-state index contributed by atoms with van der Waals surface area (Å²) in [5.74, 6) is 0.0906. The van der Waals surface area contributed by atoms with E-state index in [0.29, 0.717) is 11.6 Å². The zero-order chi connectivity index (χ0) is 10.7. The van der Waals surface area contributed by atoms with Gasteiger partial charge in [-0.05, 0) is 19.3 Å². The molecule has 5 heteroatoms. The van der Waals surface area contributed by atoms with Gasteiger partial charge in [-0.1, -0.05) is 15.9 Å². The lowest BCUT2D eigenvalue weighted by molar-refractivity contribution is 0.0642. The number of aromatic nitrogens is 2. The number of aromatic amines is 1. The number of hydrogen-bond donors (Lipinski definition) is 1. The average molecular weight is 272 g/mol. The lowest BCUT2D eigenvalue weighted by Gasteiger charge is -2.34. The number of H-pyrrole nitrogens is 1. The fraction of sp³-hybridized carbons (Fsp3) is 0.600. The van der Waals surface area contributed by atoms with Crippen molar-refractivity contribution in [3.05, 3.63) is 18.0 Å². The first-order valence-corrected chi connectivity index (χ1v) is 6.31. The van der Waals surface area contributed by atoms with Crippen LogP contribution in [0.1, 0.15) is 29.6 Å². The number of nitrogens with zero attached hydrogens (tertiary/aromatic N) is 2. The summed E-state index contributed by atoms with van der Waals surface area (Å²) in [6.07, 6.45) is 6.65. The highest BCUT2D eigenvalue weighted by Gasteiger charge is 2.26. The Morgan fingerprint density at radius 1 is 1.67 bits per heavy atom. The summed E-state index contributed by atoms with van der Waals surface area (Å²) in [4.78, 5) is 14.0. The van der Waals surface area contributed by atoms with Crippen molar-refractivity contribution in [3.8, 4) is 0 Å². The molecule has 1 N–H and O–H groups in total. The Bertz CT molecular complexity index is 325. The van der Waals surface area contributed by atoms with Crippen LogP contribution >= 0.6 is 15.9 Å². The number of nitrogens with one attached hydrogen (secondary N) is 1. The van der Waals surface area contributed by atoms with Crippen LogP contribution in [-0.4, -0.2) is 38.9 Å². The van der Waals surface area contributed by atoms with Gasteiger partial charge < -0.3 is 4.90 Å². The number of likely N-dealkylation sites (tertiary alicyclic amines) is 1. The van der Waals surface area contributed by atoms with Crippen LogP contribution in [0, 0.1) is 0 Å². The second-order valence-corrected chi connectivity index (χ2v) is 4.44. The van der Waals surface area contributed by atoms with E-state index in [9.17, 15) is 4.79 Å². The van der Waals surface area contributed by atoms with Gasteiger partial charge in [0.1, 0.15) is 0 Å². The summed E-state index contributed by atoms with van der Waals surface area (Å²) in [5, 5.41) is 7.34. The van der Waals surface area contributed by atoms with Crippen LogP contribution in [-0.2, 0) is 0 Å². The molecule has 1 aromatic rings. The molecule has 1 aromatic heterocycles. The van der Waals surface area contributed by atoms with Gasteiger partial charge in [-0.25, -0.2) is 0 Å². The van der Waals surface area contributed by atoms with E-state index in [1.807, 2.05) is 4.90 Å². The fourth-order valence-electron chi connectivity index (χ4n) is 1.96. The largest absolute Gasteiger partial charge is 0.335 e. The summed E-state index contributed by atoms with van der Waals surface area (Å²) in [7, 11) is 0. The van der Waals surface area contributed by atoms with E-state index in [1.54, 1.807) is 12.4 Å². The van der Waals surface area contributed by atoms with Gasteiger partial charge in [-0.2, -0.15) is 5.10 Å². The number of rotatable bonds is 2. The molecule has 0 aromatic carbocycles. The zero-order valence-corrected chi connectivity index (χ0v) is 10.0. The minimum Gasteiger partial charge on any atom is -0.335 e. The number of amides is 1. The molecule has 1 fully saturated rings. The van der Waals surface area contributed by atoms with Crippen molar-refractivity contribution in [1.29, 1.82) is 0 Å². The van der Waals surface area contributed by atoms with Crippen LogP contribution in [0.15, 0.2) is 12.4 Å². The highest BCUT2D eigenvalue weighted by molar-refractivity contribution is 9.09. The fourth-order valence-corrected chi connectivity index (χ4v) is 2.64. The summed E-state index contributed by atoms with van der Waals surface area (Å²) in [6.45, 7) is 0.861. The molecule has 1 atom stereocenters. The molecule has 0 saturated carbocycles. The van der Waals surface area contributed by atoms with E-state index in [4.69, 9.17) is 0 Å². The third-order valence-corrected chi connectivity index (χ3v) is 3.56. The predicted octanol–water partition coefficient (Wildman–Crippen LogP) is 1.80. The number of piperidine rings is 1. The first kappa shape index (κ1) is 10.7. The van der Waals surface area contributed by atoms with Crippen molar-refractivity contribution in [2.45, 2.75) is 25.3 Å². The number of carbonyl (C=O) groups excluding carboxylic acids is 1. The van der Waals surface area contributed by atoms with E-state index in [0.717, 1.165) is 24.7 Å². The Labute approximate surface area is 97.2 Å². The molecular formula is C10H14BrN3O. The molecule has 1 unspecified atom stereocenters. The van der Waals surface area contributed by atoms with Crippen molar-refractivity contribution >= 4 is 21.8 Å². The summed E-state index contributed by atoms with van der Waals surface area (Å²) < 4.78 is 0. The maximum atomic E-state index is 12.1. The second kappa shape index (κ2) is 4.79. The lowest BCUT2D eigenvalue weighted by atomic mass is 10.0. The van der Waals surface area contributed by atoms with Crippen molar-refractivity contribution in [3.63, 3.8) is 0 Å². The average Bonchev–Trinajstić information content (AvgIpc) is 2.81. The third-order valence-electron chi connectivity index (χ3n) is 2.81. The van der Waals surface area contributed by atoms with Crippen molar-refractivity contribution < 1.29 is 4.79 Å². The smallest absolute Gasteiger partial charge is 0.257 e. The molecule has 0 spiro atoms. The lowest BCUT2D eigenvalue weighted by Crippen LogP contribution is -2.44. The molecule has 1 aliphatic heterocycles. The van der Waals surface area contributed by atoms with E-state index < -0.39 is 0 Å². The highest BCUT2D eigenvalue weighted by atomic mass is 79.9. The number of carbonyl (C=O) groups is 1. The van der Waals surface area contributed by atoms with Crippen LogP contribution in [0.4, 0.5) is 0 Å². The van der Waals surface area contributed by atoms with Gasteiger partial charge in [-0.3, -0.25) is 9.89 Å². The van der Waals surface area contributed by atoms with Crippen LogP contribution in [0.2, 0.25) is 0 Å². The Kier molecular flexibility index (Phi) is 3.41. The maximum absolute atomic E-state index is 12.1. The quantitative estimate of drug-likeness (QED) is 0.834. The molecule has 0 aliphatic carbocycles. The third kappa shape index (κ3) is 2.22. The van der Waals surface area contributed by atoms with Gasteiger partial charge in [0.25, 0.3) is 5.91 Å². The molecular weight excluding hydrogens is 258 g/mol. The van der Waals surface area contributed by atoms with E-state index in [-0.39, 0.29) is 5.91 Å². The summed E-state index contributed by atoms with van der Waals surface area (Å²) in [6, 6.07) is 0.334. The zero-order valence-electron chi connectivity index (χ0n) is 8.45. The molecule has 1 amide bonds. The van der Waals surface area contributed by atoms with Gasteiger partial charge in [-0.15, -0.1) is 0 Å². The van der Waals surface area contributed by atoms with Crippen molar-refractivity contribution in [2.24, 2.45) is 0 Å². The maximum Gasteiger partial charge on any atom is 0.257 e. The first-order valence-electron chi connectivity index (χ1n) is 5.18. The molecule has 0 bridgehead atoms. The summed E-state index contributed by atoms with van der Waals surface area (Å²) in [5.41, 5.74) is 0.655. The van der Waals surface area contributed by atoms with Crippen LogP contribution in [0.5, 0.6) is 0 Å². The molecule has 2 heterocycles. The first-order chi connectivity index (χ1) is 7.33. The minimum atomic E-state index is 0.0906. The molecule has 4 nitrogen and oxygen atoms in total. The molecule has 1 saturated heterocycles. The normalized spacial score (nSPS) is 21.7. The Morgan fingerprint density at radius 3 is 3.20 bits per heavy atom. The van der Waals surface area contributed by atoms with Crippen molar-refractivity contribution in [1.82, 2.24) is 15.1 Å². The Hall–Kier alpha value is -0.840. The second-order valence-electron chi connectivity index (χ2n) is 3.79. The van der Waals surface area contributed by atoms with Crippen LogP contribution in [0.3, 0.4) is 0 Å². The minimum absolute atomic E-state index is 0.0906. The molecule has 0 radical (unpaired) electrons. The number of alkyl halides is 1. The standard InChI is InChI=1S/C10H14BrN3O/c11-5-9-3-1-2-4-14(9)10(15)8-6-12-13-7-8/h6-7,9H,1-5H2,(H,12,13). The van der Waals surface area contributed by atoms with Gasteiger partial charge in [0.2, 0.25) is 0 Å². The van der Waals surface area contributed by atoms with Gasteiger partial charge in [0.15, 0.2) is 0 Å². The number of halogens is 1. The predicted molar refractivity (Wildman–Crippen MR) is 61.1 cm³/mol. The molecule has 2 rings (SSSR count). The topological polar surface area (TPSA) is 49.0 Å². The van der Waals surface area contributed by atoms with Crippen LogP contribution in [0.25, 0.3) is 0 Å². The molecule has 15 heavy (non-hydrogen) atoms. The summed E-state index contributed by atoms with van der Waals surface area (Å²) >= 11 is 3.47. The van der Waals surface area contributed by atoms with E-state index >= 15 is 0 Å². The molecule has 1 aliphatic rings. The van der Waals surface area contributed by atoms with Crippen LogP contribution < -0.4 is 0 Å². The van der Waals surface area contributed by atoms with Crippen molar-refractivity contribution in [2.75, 3.05) is 11.9 Å².